The van der Waals surface area contributed by atoms with Gasteiger partial charge in [0.2, 0.25) is 0 Å². The van der Waals surface area contributed by atoms with E-state index in [-0.39, 0.29) is 11.0 Å². The summed E-state index contributed by atoms with van der Waals surface area (Å²) in [6.07, 6.45) is 25.7. The highest BCUT2D eigenvalue weighted by Gasteiger charge is 2.34. The molecule has 2 aliphatic carbocycles. The van der Waals surface area contributed by atoms with Crippen LogP contribution in [0.3, 0.4) is 0 Å². The summed E-state index contributed by atoms with van der Waals surface area (Å²) in [6, 6.07) is 0. The number of allylic oxidation sites excluding steroid dienone is 6. The summed E-state index contributed by atoms with van der Waals surface area (Å²) >= 11 is 0. The zero-order valence-corrected chi connectivity index (χ0v) is 14.3. The van der Waals surface area contributed by atoms with Gasteiger partial charge in [-0.3, -0.25) is 4.90 Å². The molecule has 0 saturated carbocycles. The number of unbranched alkanes of at least 4 members (excludes halogenated alkanes) is 2. The first-order valence-electron chi connectivity index (χ1n) is 8.84. The molecular formula is C20H32N2. The van der Waals surface area contributed by atoms with Crippen molar-refractivity contribution in [2.75, 3.05) is 20.1 Å². The Morgan fingerprint density at radius 3 is 2.23 bits per heavy atom. The molecule has 0 heterocycles. The van der Waals surface area contributed by atoms with Gasteiger partial charge in [0.1, 0.15) is 0 Å². The molecule has 0 bridgehead atoms. The lowest BCUT2D eigenvalue weighted by Crippen LogP contribution is -2.46. The third-order valence-electron chi connectivity index (χ3n) is 5.00. The van der Waals surface area contributed by atoms with Crippen molar-refractivity contribution in [2.45, 2.75) is 51.0 Å². The molecule has 0 fully saturated rings. The minimum atomic E-state index is 0.00865. The average Bonchev–Trinajstić information content (AvgIpc) is 2.56. The smallest absolute Gasteiger partial charge is 0.0574 e. The van der Waals surface area contributed by atoms with E-state index in [1.165, 1.54) is 19.3 Å². The molecule has 0 atom stereocenters. The first-order chi connectivity index (χ1) is 10.7. The Hall–Kier alpha value is -1.12. The molecule has 0 radical (unpaired) electrons. The molecule has 2 nitrogen and oxygen atoms in total. The Kier molecular flexibility index (Phi) is 6.22. The van der Waals surface area contributed by atoms with Crippen LogP contribution in [0.1, 0.15) is 45.4 Å². The van der Waals surface area contributed by atoms with E-state index in [2.05, 4.69) is 67.5 Å². The molecule has 0 aliphatic heterocycles. The highest BCUT2D eigenvalue weighted by molar-refractivity contribution is 5.40. The maximum absolute atomic E-state index is 5.77. The lowest BCUT2D eigenvalue weighted by atomic mass is 9.75. The molecule has 0 unspecified atom stereocenters. The molecule has 0 aromatic heterocycles. The van der Waals surface area contributed by atoms with Crippen LogP contribution in [0.5, 0.6) is 0 Å². The number of nitrogens with two attached hydrogens (primary N) is 1. The summed E-state index contributed by atoms with van der Waals surface area (Å²) in [7, 11) is 2.26. The maximum atomic E-state index is 5.77. The summed E-state index contributed by atoms with van der Waals surface area (Å²) in [5.41, 5.74) is 5.82. The zero-order chi connectivity index (χ0) is 15.9. The van der Waals surface area contributed by atoms with E-state index in [4.69, 9.17) is 5.73 Å². The van der Waals surface area contributed by atoms with Crippen molar-refractivity contribution in [1.82, 2.24) is 4.90 Å². The monoisotopic (exact) mass is 300 g/mol. The normalized spacial score (nSPS) is 21.1. The van der Waals surface area contributed by atoms with Gasteiger partial charge < -0.3 is 5.73 Å². The Morgan fingerprint density at radius 2 is 1.64 bits per heavy atom. The first kappa shape index (κ1) is 17.2. The highest BCUT2D eigenvalue weighted by atomic mass is 15.2. The van der Waals surface area contributed by atoms with E-state index in [0.29, 0.717) is 0 Å². The summed E-state index contributed by atoms with van der Waals surface area (Å²) < 4.78 is 0. The van der Waals surface area contributed by atoms with Crippen molar-refractivity contribution in [2.24, 2.45) is 11.1 Å². The summed E-state index contributed by atoms with van der Waals surface area (Å²) in [4.78, 5) is 2.51. The van der Waals surface area contributed by atoms with Crippen LogP contribution in [0.25, 0.3) is 0 Å². The van der Waals surface area contributed by atoms with Gasteiger partial charge in [0.25, 0.3) is 0 Å². The molecule has 122 valence electrons. The van der Waals surface area contributed by atoms with Gasteiger partial charge in [0.15, 0.2) is 0 Å². The van der Waals surface area contributed by atoms with Crippen LogP contribution in [-0.4, -0.2) is 30.6 Å². The van der Waals surface area contributed by atoms with E-state index < -0.39 is 0 Å². The molecule has 2 rings (SSSR count). The van der Waals surface area contributed by atoms with Crippen molar-refractivity contribution in [3.8, 4) is 0 Å². The molecule has 1 spiro atoms. The molecule has 0 saturated heterocycles. The predicted molar refractivity (Wildman–Crippen MR) is 96.8 cm³/mol. The average molecular weight is 300 g/mol. The van der Waals surface area contributed by atoms with Gasteiger partial charge in [-0.15, -0.1) is 0 Å². The summed E-state index contributed by atoms with van der Waals surface area (Å²) in [5, 5.41) is 0. The second-order valence-corrected chi connectivity index (χ2v) is 6.72. The molecule has 22 heavy (non-hydrogen) atoms. The fourth-order valence-electron chi connectivity index (χ4n) is 3.39. The number of hydrogen-bond acceptors (Lipinski definition) is 2. The predicted octanol–water partition coefficient (Wildman–Crippen LogP) is 4.21. The second kappa shape index (κ2) is 7.94. The minimum Gasteiger partial charge on any atom is -0.330 e. The Labute approximate surface area is 136 Å². The van der Waals surface area contributed by atoms with Crippen LogP contribution in [0.4, 0.5) is 0 Å². The molecule has 0 amide bonds. The van der Waals surface area contributed by atoms with Gasteiger partial charge in [-0.2, -0.15) is 0 Å². The van der Waals surface area contributed by atoms with E-state index in [1.54, 1.807) is 0 Å². The number of hydrogen-bond donors (Lipinski definition) is 1. The van der Waals surface area contributed by atoms with Crippen LogP contribution in [0, 0.1) is 5.41 Å². The molecule has 2 N–H and O–H groups in total. The van der Waals surface area contributed by atoms with E-state index >= 15 is 0 Å². The van der Waals surface area contributed by atoms with Crippen molar-refractivity contribution in [3.05, 3.63) is 48.6 Å². The Balaban J connectivity index is 2.12. The highest BCUT2D eigenvalue weighted by Crippen LogP contribution is 2.38. The molecule has 0 aromatic carbocycles. The lowest BCUT2D eigenvalue weighted by molar-refractivity contribution is 0.192. The van der Waals surface area contributed by atoms with E-state index in [9.17, 15) is 0 Å². The molecular weight excluding hydrogens is 268 g/mol. The van der Waals surface area contributed by atoms with Crippen LogP contribution in [0.15, 0.2) is 48.6 Å². The SMILES string of the molecule is CCCCCN(C)C1(CCCN)C=CC2(C=CCC=C2)C=C1. The van der Waals surface area contributed by atoms with Crippen LogP contribution >= 0.6 is 0 Å². The number of rotatable bonds is 8. The van der Waals surface area contributed by atoms with E-state index in [1.807, 2.05) is 0 Å². The number of likely N-dealkylation sites (N-methyl/N-ethyl adjacent to an activating group) is 1. The van der Waals surface area contributed by atoms with Gasteiger partial charge in [-0.25, -0.2) is 0 Å². The second-order valence-electron chi connectivity index (χ2n) is 6.72. The van der Waals surface area contributed by atoms with E-state index in [0.717, 1.165) is 32.4 Å². The summed E-state index contributed by atoms with van der Waals surface area (Å²) in [6.45, 7) is 4.17. The quantitative estimate of drug-likeness (QED) is 0.537. The van der Waals surface area contributed by atoms with Crippen molar-refractivity contribution in [3.63, 3.8) is 0 Å². The largest absolute Gasteiger partial charge is 0.330 e. The van der Waals surface area contributed by atoms with Crippen molar-refractivity contribution < 1.29 is 0 Å². The van der Waals surface area contributed by atoms with Gasteiger partial charge in [-0.1, -0.05) is 68.4 Å². The minimum absolute atomic E-state index is 0.00865. The van der Waals surface area contributed by atoms with Gasteiger partial charge in [0, 0.05) is 5.41 Å². The number of nitrogens with zero attached hydrogens (tertiary/aromatic N) is 1. The topological polar surface area (TPSA) is 29.3 Å². The van der Waals surface area contributed by atoms with Gasteiger partial charge in [0.05, 0.1) is 5.54 Å². The standard InChI is InChI=1S/C20H32N2/c1-3-4-8-18-22(2)20(12-9-17-21)15-13-19(14-16-20)10-6-5-7-11-19/h6-7,10-11,13-16H,3-5,8-9,12,17-18,21H2,1-2H3. The zero-order valence-electron chi connectivity index (χ0n) is 14.3. The molecule has 2 heteroatoms. The maximum Gasteiger partial charge on any atom is 0.0574 e. The fraction of sp³-hybridized carbons (Fsp3) is 0.600. The van der Waals surface area contributed by atoms with Crippen molar-refractivity contribution >= 4 is 0 Å². The Morgan fingerprint density at radius 1 is 0.955 bits per heavy atom. The molecule has 0 aromatic rings. The van der Waals surface area contributed by atoms with Crippen molar-refractivity contribution in [1.29, 1.82) is 0 Å². The van der Waals surface area contributed by atoms with Gasteiger partial charge >= 0.3 is 0 Å². The van der Waals surface area contributed by atoms with Gasteiger partial charge in [-0.05, 0) is 45.8 Å². The third-order valence-corrected chi connectivity index (χ3v) is 5.00. The summed E-state index contributed by atoms with van der Waals surface area (Å²) in [5.74, 6) is 0. The lowest BCUT2D eigenvalue weighted by Gasteiger charge is -2.42. The van der Waals surface area contributed by atoms with Crippen LogP contribution in [-0.2, 0) is 0 Å². The van der Waals surface area contributed by atoms with Crippen LogP contribution in [0.2, 0.25) is 0 Å². The molecule has 2 aliphatic rings. The first-order valence-corrected chi connectivity index (χ1v) is 8.84. The Bertz CT molecular complexity index is 428. The fourth-order valence-corrected chi connectivity index (χ4v) is 3.39. The third kappa shape index (κ3) is 3.99. The van der Waals surface area contributed by atoms with Crippen LogP contribution < -0.4 is 5.73 Å².